The second-order valence-corrected chi connectivity index (χ2v) is 11.2. The molecule has 4 rings (SSSR count). The van der Waals surface area contributed by atoms with Gasteiger partial charge in [-0.15, -0.1) is 0 Å². The molecule has 1 N–H and O–H groups in total. The molecule has 2 heterocycles. The van der Waals surface area contributed by atoms with E-state index in [0.717, 1.165) is 43.4 Å². The summed E-state index contributed by atoms with van der Waals surface area (Å²) in [5.74, 6) is 0. The van der Waals surface area contributed by atoms with Crippen LogP contribution in [0.5, 0.6) is 0 Å². The minimum Gasteiger partial charge on any atom is -0.317 e. The Kier molecular flexibility index (Phi) is 4.32. The molecule has 0 bridgehead atoms. The molecule has 2 aliphatic heterocycles. The predicted octanol–water partition coefficient (Wildman–Crippen LogP) is 1.92. The largest absolute Gasteiger partial charge is 0.317 e. The zero-order chi connectivity index (χ0) is 19.3. The van der Waals surface area contributed by atoms with Crippen LogP contribution in [0, 0.1) is 0 Å². The molecule has 0 aliphatic carbocycles. The number of anilines is 1. The van der Waals surface area contributed by atoms with Gasteiger partial charge in [0, 0.05) is 18.2 Å². The van der Waals surface area contributed by atoms with Gasteiger partial charge in [-0.25, -0.2) is 16.8 Å². The normalized spacial score (nSPS) is 19.2. The number of sulfonamides is 1. The molecule has 0 aromatic heterocycles. The third-order valence-electron chi connectivity index (χ3n) is 5.59. The van der Waals surface area contributed by atoms with Crippen molar-refractivity contribution in [1.82, 2.24) is 5.32 Å². The summed E-state index contributed by atoms with van der Waals surface area (Å²) in [6.45, 7) is 2.15. The first kappa shape index (κ1) is 18.5. The van der Waals surface area contributed by atoms with Gasteiger partial charge in [-0.1, -0.05) is 18.2 Å². The molecule has 27 heavy (non-hydrogen) atoms. The van der Waals surface area contributed by atoms with E-state index in [1.807, 2.05) is 24.3 Å². The summed E-state index contributed by atoms with van der Waals surface area (Å²) in [6, 6.07) is 13.2. The summed E-state index contributed by atoms with van der Waals surface area (Å²) in [7, 11) is -7.14. The highest BCUT2D eigenvalue weighted by molar-refractivity contribution is 7.93. The van der Waals surface area contributed by atoms with Crippen LogP contribution in [0.2, 0.25) is 0 Å². The number of para-hydroxylation sites is 1. The molecule has 6 nitrogen and oxygen atoms in total. The Labute approximate surface area is 160 Å². The fourth-order valence-corrected chi connectivity index (χ4v) is 6.32. The van der Waals surface area contributed by atoms with E-state index < -0.39 is 19.9 Å². The van der Waals surface area contributed by atoms with Crippen molar-refractivity contribution in [3.8, 4) is 0 Å². The number of nitrogens with zero attached hydrogens (tertiary/aromatic N) is 1. The minimum absolute atomic E-state index is 0.107. The minimum atomic E-state index is -3.77. The summed E-state index contributed by atoms with van der Waals surface area (Å²) in [6.07, 6.45) is 2.89. The summed E-state index contributed by atoms with van der Waals surface area (Å²) in [5.41, 5.74) is 1.65. The van der Waals surface area contributed by atoms with Crippen molar-refractivity contribution in [2.24, 2.45) is 0 Å². The van der Waals surface area contributed by atoms with Crippen molar-refractivity contribution in [3.05, 3.63) is 54.1 Å². The molecule has 0 unspecified atom stereocenters. The van der Waals surface area contributed by atoms with Crippen molar-refractivity contribution >= 4 is 25.5 Å². The Hall–Kier alpha value is -1.90. The second kappa shape index (κ2) is 6.32. The number of hydrogen-bond donors (Lipinski definition) is 1. The van der Waals surface area contributed by atoms with Gasteiger partial charge in [0.15, 0.2) is 9.84 Å². The Morgan fingerprint density at radius 1 is 0.889 bits per heavy atom. The summed E-state index contributed by atoms with van der Waals surface area (Å²) in [5, 5.41) is 3.35. The second-order valence-electron chi connectivity index (χ2n) is 7.30. The van der Waals surface area contributed by atoms with Crippen LogP contribution in [0.1, 0.15) is 18.4 Å². The molecule has 0 amide bonds. The van der Waals surface area contributed by atoms with Gasteiger partial charge in [0.1, 0.15) is 0 Å². The summed E-state index contributed by atoms with van der Waals surface area (Å²) in [4.78, 5) is 0.216. The quantitative estimate of drug-likeness (QED) is 0.842. The molecule has 2 aromatic rings. The van der Waals surface area contributed by atoms with Gasteiger partial charge in [-0.05, 0) is 61.8 Å². The molecule has 2 aromatic carbocycles. The number of benzene rings is 2. The lowest BCUT2D eigenvalue weighted by Gasteiger charge is -2.34. The third kappa shape index (κ3) is 3.05. The van der Waals surface area contributed by atoms with Crippen LogP contribution in [0.4, 0.5) is 5.69 Å². The van der Waals surface area contributed by atoms with Crippen LogP contribution in [0.15, 0.2) is 58.3 Å². The maximum atomic E-state index is 13.3. The van der Waals surface area contributed by atoms with Crippen molar-refractivity contribution < 1.29 is 16.8 Å². The highest BCUT2D eigenvalue weighted by Crippen LogP contribution is 2.47. The van der Waals surface area contributed by atoms with E-state index in [9.17, 15) is 16.8 Å². The van der Waals surface area contributed by atoms with E-state index in [1.54, 1.807) is 0 Å². The van der Waals surface area contributed by atoms with Crippen LogP contribution in [0.25, 0.3) is 0 Å². The third-order valence-corrected chi connectivity index (χ3v) is 8.49. The fraction of sp³-hybridized carbons (Fsp3) is 0.368. The predicted molar refractivity (Wildman–Crippen MR) is 104 cm³/mol. The van der Waals surface area contributed by atoms with Crippen LogP contribution in [-0.4, -0.2) is 42.7 Å². The van der Waals surface area contributed by atoms with E-state index in [-0.39, 0.29) is 15.2 Å². The van der Waals surface area contributed by atoms with E-state index in [2.05, 4.69) is 5.32 Å². The maximum absolute atomic E-state index is 13.3. The number of rotatable bonds is 3. The van der Waals surface area contributed by atoms with E-state index >= 15 is 0 Å². The topological polar surface area (TPSA) is 83.5 Å². The van der Waals surface area contributed by atoms with Crippen molar-refractivity contribution in [2.75, 3.05) is 30.2 Å². The van der Waals surface area contributed by atoms with Crippen molar-refractivity contribution in [1.29, 1.82) is 0 Å². The lowest BCUT2D eigenvalue weighted by molar-refractivity contribution is 0.330. The number of sulfone groups is 1. The Morgan fingerprint density at radius 2 is 1.48 bits per heavy atom. The van der Waals surface area contributed by atoms with Gasteiger partial charge in [-0.3, -0.25) is 4.31 Å². The molecule has 8 heteroatoms. The molecule has 1 spiro atoms. The average Bonchev–Trinajstić information content (AvgIpc) is 2.97. The monoisotopic (exact) mass is 406 g/mol. The average molecular weight is 407 g/mol. The highest BCUT2D eigenvalue weighted by Gasteiger charge is 2.47. The van der Waals surface area contributed by atoms with Crippen LogP contribution in [-0.2, 0) is 25.3 Å². The lowest BCUT2D eigenvalue weighted by Crippen LogP contribution is -2.44. The molecular weight excluding hydrogens is 384 g/mol. The fourth-order valence-electron chi connectivity index (χ4n) is 4.12. The van der Waals surface area contributed by atoms with Crippen LogP contribution >= 0.6 is 0 Å². The van der Waals surface area contributed by atoms with E-state index in [1.165, 1.54) is 28.6 Å². The number of nitrogens with one attached hydrogen (secondary N) is 1. The summed E-state index contributed by atoms with van der Waals surface area (Å²) >= 11 is 0. The first-order chi connectivity index (χ1) is 12.7. The maximum Gasteiger partial charge on any atom is 0.264 e. The Bertz CT molecular complexity index is 1070. The Morgan fingerprint density at radius 3 is 2.11 bits per heavy atom. The van der Waals surface area contributed by atoms with Gasteiger partial charge < -0.3 is 5.32 Å². The molecule has 2 aliphatic rings. The highest BCUT2D eigenvalue weighted by atomic mass is 32.2. The molecule has 144 valence electrons. The van der Waals surface area contributed by atoms with Gasteiger partial charge >= 0.3 is 0 Å². The Balaban J connectivity index is 1.76. The van der Waals surface area contributed by atoms with E-state index in [4.69, 9.17) is 0 Å². The van der Waals surface area contributed by atoms with Gasteiger partial charge in [-0.2, -0.15) is 0 Å². The number of fused-ring (bicyclic) bond motifs is 2. The molecule has 1 saturated heterocycles. The zero-order valence-electron chi connectivity index (χ0n) is 15.1. The number of hydrogen-bond acceptors (Lipinski definition) is 5. The summed E-state index contributed by atoms with van der Waals surface area (Å²) < 4.78 is 51.5. The SMILES string of the molecule is CS(=O)(=O)c1ccc(S(=O)(=O)N2CC3(CCNCC3)c3ccccc32)cc1. The first-order valence-electron chi connectivity index (χ1n) is 8.87. The molecular formula is C19H22N2O4S2. The standard InChI is InChI=1S/C19H22N2O4S2/c1-26(22,23)15-6-8-16(9-7-15)27(24,25)21-14-19(10-12-20-13-11-19)17-4-2-3-5-18(17)21/h2-9,20H,10-14H2,1H3. The molecule has 0 radical (unpaired) electrons. The number of piperidine rings is 1. The van der Waals surface area contributed by atoms with Crippen molar-refractivity contribution in [3.63, 3.8) is 0 Å². The van der Waals surface area contributed by atoms with Gasteiger partial charge in [0.2, 0.25) is 0 Å². The zero-order valence-corrected chi connectivity index (χ0v) is 16.7. The molecule has 1 fully saturated rings. The van der Waals surface area contributed by atoms with Crippen LogP contribution < -0.4 is 9.62 Å². The molecule has 0 saturated carbocycles. The molecule has 0 atom stereocenters. The van der Waals surface area contributed by atoms with Gasteiger partial charge in [0.25, 0.3) is 10.0 Å². The van der Waals surface area contributed by atoms with E-state index in [0.29, 0.717) is 6.54 Å². The first-order valence-corrected chi connectivity index (χ1v) is 12.2. The smallest absolute Gasteiger partial charge is 0.264 e. The van der Waals surface area contributed by atoms with Gasteiger partial charge in [0.05, 0.1) is 15.5 Å². The van der Waals surface area contributed by atoms with Crippen molar-refractivity contribution in [2.45, 2.75) is 28.0 Å². The van der Waals surface area contributed by atoms with Crippen LogP contribution in [0.3, 0.4) is 0 Å². The lowest BCUT2D eigenvalue weighted by atomic mass is 9.75.